The first-order chi connectivity index (χ1) is 8.29. The van der Waals surface area contributed by atoms with Crippen molar-refractivity contribution in [1.82, 2.24) is 4.90 Å². The second-order valence-electron chi connectivity index (χ2n) is 4.22. The average molecular weight is 232 g/mol. The number of rotatable bonds is 2. The predicted octanol–water partition coefficient (Wildman–Crippen LogP) is 2.52. The summed E-state index contributed by atoms with van der Waals surface area (Å²) in [6.45, 7) is 1.66. The Balaban J connectivity index is 1.94. The number of carbonyl (C=O) groups is 2. The van der Waals surface area contributed by atoms with Crippen molar-refractivity contribution in [3.63, 3.8) is 0 Å². The van der Waals surface area contributed by atoms with Gasteiger partial charge in [-0.3, -0.25) is 4.79 Å². The molecule has 17 heavy (non-hydrogen) atoms. The highest BCUT2D eigenvalue weighted by Gasteiger charge is 2.15. The molecule has 1 fully saturated rings. The molecule has 1 N–H and O–H groups in total. The van der Waals surface area contributed by atoms with E-state index in [4.69, 9.17) is 0 Å². The Morgan fingerprint density at radius 3 is 2.35 bits per heavy atom. The monoisotopic (exact) mass is 232 g/mol. The molecule has 1 heterocycles. The zero-order valence-electron chi connectivity index (χ0n) is 9.69. The molecule has 0 radical (unpaired) electrons. The van der Waals surface area contributed by atoms with Crippen LogP contribution >= 0.6 is 0 Å². The molecule has 1 aliphatic heterocycles. The van der Waals surface area contributed by atoms with Crippen LogP contribution in [0.4, 0.5) is 10.5 Å². The van der Waals surface area contributed by atoms with Gasteiger partial charge in [0.15, 0.2) is 0 Å². The van der Waals surface area contributed by atoms with Crippen molar-refractivity contribution in [3.8, 4) is 0 Å². The Bertz CT molecular complexity index is 394. The SMILES string of the molecule is O=Cc1ccc(NC(=O)N2CCCCC2)cc1. The van der Waals surface area contributed by atoms with Gasteiger partial charge in [0.05, 0.1) is 0 Å². The molecule has 0 bridgehead atoms. The number of amides is 2. The number of nitrogens with one attached hydrogen (secondary N) is 1. The molecule has 90 valence electrons. The van der Waals surface area contributed by atoms with E-state index in [1.807, 2.05) is 4.90 Å². The Morgan fingerprint density at radius 2 is 1.76 bits per heavy atom. The third kappa shape index (κ3) is 3.06. The fraction of sp³-hybridized carbons (Fsp3) is 0.385. The number of hydrogen-bond acceptors (Lipinski definition) is 2. The van der Waals surface area contributed by atoms with Crippen molar-refractivity contribution in [2.45, 2.75) is 19.3 Å². The first-order valence-corrected chi connectivity index (χ1v) is 5.91. The first-order valence-electron chi connectivity index (χ1n) is 5.91. The number of hydrogen-bond donors (Lipinski definition) is 1. The molecular weight excluding hydrogens is 216 g/mol. The molecule has 0 aromatic heterocycles. The van der Waals surface area contributed by atoms with E-state index in [9.17, 15) is 9.59 Å². The maximum atomic E-state index is 11.9. The molecule has 0 spiro atoms. The van der Waals surface area contributed by atoms with Crippen LogP contribution in [0.5, 0.6) is 0 Å². The summed E-state index contributed by atoms with van der Waals surface area (Å²) in [4.78, 5) is 24.2. The first kappa shape index (κ1) is 11.6. The third-order valence-electron chi connectivity index (χ3n) is 2.94. The lowest BCUT2D eigenvalue weighted by Crippen LogP contribution is -2.38. The van der Waals surface area contributed by atoms with Gasteiger partial charge in [0.1, 0.15) is 6.29 Å². The molecule has 2 rings (SSSR count). The second-order valence-corrected chi connectivity index (χ2v) is 4.22. The van der Waals surface area contributed by atoms with Crippen LogP contribution in [0.2, 0.25) is 0 Å². The number of benzene rings is 1. The normalized spacial score (nSPS) is 15.4. The molecule has 0 atom stereocenters. The van der Waals surface area contributed by atoms with E-state index in [0.29, 0.717) is 5.56 Å². The quantitative estimate of drug-likeness (QED) is 0.796. The molecule has 1 aliphatic rings. The number of likely N-dealkylation sites (tertiary alicyclic amines) is 1. The fourth-order valence-corrected chi connectivity index (χ4v) is 1.94. The third-order valence-corrected chi connectivity index (χ3v) is 2.94. The van der Waals surface area contributed by atoms with E-state index in [1.165, 1.54) is 6.42 Å². The Hall–Kier alpha value is -1.84. The van der Waals surface area contributed by atoms with Crippen LogP contribution in [-0.2, 0) is 0 Å². The molecule has 1 aromatic carbocycles. The molecule has 4 heteroatoms. The lowest BCUT2D eigenvalue weighted by Gasteiger charge is -2.26. The van der Waals surface area contributed by atoms with E-state index in [1.54, 1.807) is 24.3 Å². The maximum Gasteiger partial charge on any atom is 0.321 e. The van der Waals surface area contributed by atoms with Crippen LogP contribution in [0, 0.1) is 0 Å². The van der Waals surface area contributed by atoms with Crippen LogP contribution < -0.4 is 5.32 Å². The standard InChI is InChI=1S/C13H16N2O2/c16-10-11-4-6-12(7-5-11)14-13(17)15-8-2-1-3-9-15/h4-7,10H,1-3,8-9H2,(H,14,17). The highest BCUT2D eigenvalue weighted by atomic mass is 16.2. The second kappa shape index (κ2) is 5.48. The van der Waals surface area contributed by atoms with Gasteiger partial charge in [-0.15, -0.1) is 0 Å². The largest absolute Gasteiger partial charge is 0.325 e. The minimum absolute atomic E-state index is 0.0523. The van der Waals surface area contributed by atoms with E-state index < -0.39 is 0 Å². The van der Waals surface area contributed by atoms with E-state index in [2.05, 4.69) is 5.32 Å². The summed E-state index contributed by atoms with van der Waals surface area (Å²) in [5, 5.41) is 2.83. The zero-order chi connectivity index (χ0) is 12.1. The van der Waals surface area contributed by atoms with E-state index in [0.717, 1.165) is 37.9 Å². The van der Waals surface area contributed by atoms with E-state index >= 15 is 0 Å². The summed E-state index contributed by atoms with van der Waals surface area (Å²) in [6, 6.07) is 6.82. The number of aldehydes is 1. The van der Waals surface area contributed by atoms with E-state index in [-0.39, 0.29) is 6.03 Å². The average Bonchev–Trinajstić information content (AvgIpc) is 2.40. The number of nitrogens with zero attached hydrogens (tertiary/aromatic N) is 1. The molecule has 0 saturated carbocycles. The molecular formula is C13H16N2O2. The summed E-state index contributed by atoms with van der Waals surface area (Å²) in [6.07, 6.45) is 4.16. The van der Waals surface area contributed by atoms with Crippen LogP contribution in [0.1, 0.15) is 29.6 Å². The van der Waals surface area contributed by atoms with Crippen molar-refractivity contribution in [2.24, 2.45) is 0 Å². The van der Waals surface area contributed by atoms with Crippen LogP contribution in [-0.4, -0.2) is 30.3 Å². The molecule has 1 saturated heterocycles. The maximum absolute atomic E-state index is 11.9. The summed E-state index contributed by atoms with van der Waals surface area (Å²) in [5.41, 5.74) is 1.34. The molecule has 4 nitrogen and oxygen atoms in total. The van der Waals surface area contributed by atoms with Crippen molar-refractivity contribution >= 4 is 18.0 Å². The Morgan fingerprint density at radius 1 is 1.12 bits per heavy atom. The van der Waals surface area contributed by atoms with Crippen molar-refractivity contribution in [2.75, 3.05) is 18.4 Å². The summed E-state index contributed by atoms with van der Waals surface area (Å²) in [7, 11) is 0. The fourth-order valence-electron chi connectivity index (χ4n) is 1.94. The van der Waals surface area contributed by atoms with Crippen molar-refractivity contribution in [3.05, 3.63) is 29.8 Å². The summed E-state index contributed by atoms with van der Waals surface area (Å²) in [5.74, 6) is 0. The zero-order valence-corrected chi connectivity index (χ0v) is 9.69. The van der Waals surface area contributed by atoms with Crippen LogP contribution in [0.3, 0.4) is 0 Å². The van der Waals surface area contributed by atoms with Gasteiger partial charge in [-0.2, -0.15) is 0 Å². The van der Waals surface area contributed by atoms with Gasteiger partial charge in [0.25, 0.3) is 0 Å². The van der Waals surface area contributed by atoms with Crippen LogP contribution in [0.15, 0.2) is 24.3 Å². The smallest absolute Gasteiger partial charge is 0.321 e. The minimum Gasteiger partial charge on any atom is -0.325 e. The predicted molar refractivity (Wildman–Crippen MR) is 66.3 cm³/mol. The van der Waals surface area contributed by atoms with Gasteiger partial charge in [-0.1, -0.05) is 0 Å². The molecule has 0 unspecified atom stereocenters. The topological polar surface area (TPSA) is 49.4 Å². The van der Waals surface area contributed by atoms with Crippen molar-refractivity contribution in [1.29, 1.82) is 0 Å². The minimum atomic E-state index is -0.0523. The summed E-state index contributed by atoms with van der Waals surface area (Å²) >= 11 is 0. The van der Waals surface area contributed by atoms with Gasteiger partial charge in [0.2, 0.25) is 0 Å². The highest BCUT2D eigenvalue weighted by Crippen LogP contribution is 2.12. The van der Waals surface area contributed by atoms with Gasteiger partial charge in [-0.05, 0) is 43.5 Å². The van der Waals surface area contributed by atoms with Gasteiger partial charge in [-0.25, -0.2) is 4.79 Å². The number of urea groups is 1. The van der Waals surface area contributed by atoms with Crippen LogP contribution in [0.25, 0.3) is 0 Å². The van der Waals surface area contributed by atoms with Gasteiger partial charge in [0, 0.05) is 24.3 Å². The number of anilines is 1. The number of piperidine rings is 1. The van der Waals surface area contributed by atoms with Gasteiger partial charge < -0.3 is 10.2 Å². The lowest BCUT2D eigenvalue weighted by atomic mass is 10.1. The lowest BCUT2D eigenvalue weighted by molar-refractivity contribution is 0.112. The Kier molecular flexibility index (Phi) is 3.75. The molecule has 0 aliphatic carbocycles. The number of carbonyl (C=O) groups excluding carboxylic acids is 2. The Labute approximate surface area is 101 Å². The molecule has 1 aromatic rings. The highest BCUT2D eigenvalue weighted by molar-refractivity contribution is 5.89. The molecule has 2 amide bonds. The van der Waals surface area contributed by atoms with Gasteiger partial charge >= 0.3 is 6.03 Å². The summed E-state index contributed by atoms with van der Waals surface area (Å²) < 4.78 is 0. The van der Waals surface area contributed by atoms with Crippen molar-refractivity contribution < 1.29 is 9.59 Å².